The summed E-state index contributed by atoms with van der Waals surface area (Å²) in [5.41, 5.74) is 1.98. The number of hydrogen-bond donors (Lipinski definition) is 1. The smallest absolute Gasteiger partial charge is 0.264 e. The average Bonchev–Trinajstić information content (AvgIpc) is 2.86. The molecule has 0 saturated carbocycles. The highest BCUT2D eigenvalue weighted by molar-refractivity contribution is 9.10. The first kappa shape index (κ1) is 27.7. The summed E-state index contributed by atoms with van der Waals surface area (Å²) in [6, 6.07) is 19.1. The van der Waals surface area contributed by atoms with Gasteiger partial charge in [-0.3, -0.25) is 13.9 Å². The van der Waals surface area contributed by atoms with Crippen LogP contribution in [0.25, 0.3) is 0 Å². The molecule has 0 unspecified atom stereocenters. The molecule has 36 heavy (non-hydrogen) atoms. The number of anilines is 1. The average molecular weight is 593 g/mol. The lowest BCUT2D eigenvalue weighted by molar-refractivity contribution is -0.139. The number of nitrogens with zero attached hydrogens (tertiary/aromatic N) is 2. The zero-order valence-corrected chi connectivity index (χ0v) is 23.3. The van der Waals surface area contributed by atoms with Crippen molar-refractivity contribution in [3.63, 3.8) is 0 Å². The first-order valence-corrected chi connectivity index (χ1v) is 13.7. The van der Waals surface area contributed by atoms with Crippen molar-refractivity contribution in [3.05, 3.63) is 93.4 Å². The Kier molecular flexibility index (Phi) is 9.16. The highest BCUT2D eigenvalue weighted by Crippen LogP contribution is 2.26. The molecule has 0 aliphatic rings. The van der Waals surface area contributed by atoms with Gasteiger partial charge in [-0.1, -0.05) is 57.4 Å². The van der Waals surface area contributed by atoms with Gasteiger partial charge in [0.2, 0.25) is 11.8 Å². The lowest BCUT2D eigenvalue weighted by atomic mass is 10.1. The summed E-state index contributed by atoms with van der Waals surface area (Å²) < 4.78 is 29.3. The molecule has 3 rings (SSSR count). The molecule has 3 aromatic rings. The van der Waals surface area contributed by atoms with Crippen LogP contribution in [0.4, 0.5) is 5.69 Å². The molecule has 0 aromatic heterocycles. The summed E-state index contributed by atoms with van der Waals surface area (Å²) in [5.74, 6) is -0.889. The van der Waals surface area contributed by atoms with Crippen LogP contribution in [0.1, 0.15) is 18.1 Å². The molecular weight excluding hydrogens is 566 g/mol. The topological polar surface area (TPSA) is 86.8 Å². The second kappa shape index (κ2) is 11.9. The molecule has 0 aliphatic carbocycles. The van der Waals surface area contributed by atoms with Crippen molar-refractivity contribution in [1.82, 2.24) is 10.2 Å². The van der Waals surface area contributed by atoms with Crippen LogP contribution < -0.4 is 9.62 Å². The lowest BCUT2D eigenvalue weighted by Gasteiger charge is -2.31. The zero-order chi connectivity index (χ0) is 26.5. The van der Waals surface area contributed by atoms with Crippen LogP contribution in [0.3, 0.4) is 0 Å². The van der Waals surface area contributed by atoms with Crippen molar-refractivity contribution in [2.75, 3.05) is 17.9 Å². The van der Waals surface area contributed by atoms with E-state index in [1.54, 1.807) is 43.3 Å². The fourth-order valence-corrected chi connectivity index (χ4v) is 5.36. The Bertz CT molecular complexity index is 1310. The molecule has 0 bridgehead atoms. The van der Waals surface area contributed by atoms with Gasteiger partial charge in [0.15, 0.2) is 0 Å². The summed E-state index contributed by atoms with van der Waals surface area (Å²) in [4.78, 5) is 27.6. The van der Waals surface area contributed by atoms with E-state index in [2.05, 4.69) is 21.2 Å². The number of amides is 2. The van der Waals surface area contributed by atoms with Crippen molar-refractivity contribution in [3.8, 4) is 0 Å². The minimum Gasteiger partial charge on any atom is -0.357 e. The molecule has 1 N–H and O–H groups in total. The Morgan fingerprint density at radius 2 is 1.56 bits per heavy atom. The van der Waals surface area contributed by atoms with Crippen molar-refractivity contribution in [1.29, 1.82) is 0 Å². The number of aryl methyl sites for hydroxylation is 1. The number of rotatable bonds is 9. The fraction of sp³-hybridized carbons (Fsp3) is 0.231. The van der Waals surface area contributed by atoms with Crippen LogP contribution >= 0.6 is 27.5 Å². The molecule has 0 heterocycles. The number of sulfonamides is 1. The fourth-order valence-electron chi connectivity index (χ4n) is 3.55. The van der Waals surface area contributed by atoms with Gasteiger partial charge in [-0.15, -0.1) is 0 Å². The van der Waals surface area contributed by atoms with Crippen molar-refractivity contribution >= 4 is 55.1 Å². The highest BCUT2D eigenvalue weighted by atomic mass is 79.9. The van der Waals surface area contributed by atoms with Crippen molar-refractivity contribution < 1.29 is 18.0 Å². The third-order valence-electron chi connectivity index (χ3n) is 5.68. The second-order valence-electron chi connectivity index (χ2n) is 8.24. The van der Waals surface area contributed by atoms with Gasteiger partial charge in [0.25, 0.3) is 10.0 Å². The lowest BCUT2D eigenvalue weighted by Crippen LogP contribution is -2.50. The number of likely N-dealkylation sites (N-methyl/N-ethyl adjacent to an activating group) is 1. The predicted molar refractivity (Wildman–Crippen MR) is 145 cm³/mol. The van der Waals surface area contributed by atoms with Crippen molar-refractivity contribution in [2.24, 2.45) is 0 Å². The number of carbonyl (C=O) groups excluding carboxylic acids is 2. The van der Waals surface area contributed by atoms with Gasteiger partial charge in [-0.2, -0.15) is 0 Å². The molecule has 0 saturated heterocycles. The molecule has 10 heteroatoms. The summed E-state index contributed by atoms with van der Waals surface area (Å²) in [5, 5.41) is 2.99. The van der Waals surface area contributed by atoms with Crippen LogP contribution in [0.2, 0.25) is 5.02 Å². The maximum absolute atomic E-state index is 13.7. The molecule has 1 atom stereocenters. The van der Waals surface area contributed by atoms with E-state index in [0.717, 1.165) is 19.9 Å². The highest BCUT2D eigenvalue weighted by Gasteiger charge is 2.32. The second-order valence-corrected chi connectivity index (χ2v) is 11.5. The van der Waals surface area contributed by atoms with Gasteiger partial charge in [0.1, 0.15) is 12.6 Å². The van der Waals surface area contributed by atoms with E-state index in [9.17, 15) is 18.0 Å². The summed E-state index contributed by atoms with van der Waals surface area (Å²) in [7, 11) is -2.62. The first-order chi connectivity index (χ1) is 17.0. The van der Waals surface area contributed by atoms with Crippen molar-refractivity contribution in [2.45, 2.75) is 31.3 Å². The van der Waals surface area contributed by atoms with E-state index in [-0.39, 0.29) is 23.0 Å². The van der Waals surface area contributed by atoms with Gasteiger partial charge in [0, 0.05) is 23.1 Å². The molecule has 7 nitrogen and oxygen atoms in total. The Morgan fingerprint density at radius 3 is 2.11 bits per heavy atom. The van der Waals surface area contributed by atoms with Gasteiger partial charge < -0.3 is 10.2 Å². The maximum Gasteiger partial charge on any atom is 0.264 e. The molecular formula is C26H27BrClN3O4S. The minimum atomic E-state index is -4.11. The Morgan fingerprint density at radius 1 is 0.972 bits per heavy atom. The van der Waals surface area contributed by atoms with Gasteiger partial charge >= 0.3 is 0 Å². The molecule has 0 aliphatic heterocycles. The van der Waals surface area contributed by atoms with E-state index in [4.69, 9.17) is 11.6 Å². The number of carbonyl (C=O) groups is 2. The van der Waals surface area contributed by atoms with E-state index in [0.29, 0.717) is 5.02 Å². The van der Waals surface area contributed by atoms with E-state index >= 15 is 0 Å². The third-order valence-corrected chi connectivity index (χ3v) is 8.25. The Labute approximate surface area is 225 Å². The molecule has 190 valence electrons. The van der Waals surface area contributed by atoms with E-state index in [1.807, 2.05) is 31.2 Å². The van der Waals surface area contributed by atoms with Gasteiger partial charge in [-0.05, 0) is 67.9 Å². The predicted octanol–water partition coefficient (Wildman–Crippen LogP) is 4.77. The first-order valence-electron chi connectivity index (χ1n) is 11.1. The van der Waals surface area contributed by atoms with Crippen LogP contribution in [0.15, 0.2) is 82.2 Å². The largest absolute Gasteiger partial charge is 0.357 e. The Hall–Kier alpha value is -2.88. The quantitative estimate of drug-likeness (QED) is 0.388. The molecule has 0 spiro atoms. The molecule has 0 fully saturated rings. The standard InChI is InChI=1S/C26H27BrClN3O4S/c1-18-4-14-24(15-5-18)36(34,35)31(23-12-10-22(28)11-13-23)17-25(32)30(19(2)26(33)29-3)16-20-6-8-21(27)9-7-20/h4-15,19H,16-17H2,1-3H3,(H,29,33)/t19-/m0/s1. The minimum absolute atomic E-state index is 0.0506. The number of hydrogen-bond acceptors (Lipinski definition) is 4. The monoisotopic (exact) mass is 591 g/mol. The maximum atomic E-state index is 13.7. The summed E-state index contributed by atoms with van der Waals surface area (Å²) in [6.07, 6.45) is 0. The summed E-state index contributed by atoms with van der Waals surface area (Å²) >= 11 is 9.41. The number of nitrogens with one attached hydrogen (secondary N) is 1. The normalized spacial score (nSPS) is 12.0. The van der Waals surface area contributed by atoms with E-state index < -0.39 is 28.5 Å². The Balaban J connectivity index is 2.01. The molecule has 3 aromatic carbocycles. The number of benzene rings is 3. The van der Waals surface area contributed by atoms with Gasteiger partial charge in [-0.25, -0.2) is 8.42 Å². The zero-order valence-electron chi connectivity index (χ0n) is 20.1. The van der Waals surface area contributed by atoms with Crippen LogP contribution in [0.5, 0.6) is 0 Å². The molecule has 2 amide bonds. The SMILES string of the molecule is CNC(=O)[C@H](C)N(Cc1ccc(Br)cc1)C(=O)CN(c1ccc(Cl)cc1)S(=O)(=O)c1ccc(C)cc1. The van der Waals surface area contributed by atoms with Crippen LogP contribution in [-0.2, 0) is 26.2 Å². The number of halogens is 2. The van der Waals surface area contributed by atoms with Crippen LogP contribution in [-0.4, -0.2) is 44.8 Å². The third kappa shape index (κ3) is 6.66. The van der Waals surface area contributed by atoms with Gasteiger partial charge in [0.05, 0.1) is 10.6 Å². The van der Waals surface area contributed by atoms with Crippen LogP contribution in [0, 0.1) is 6.92 Å². The van der Waals surface area contributed by atoms with E-state index in [1.165, 1.54) is 24.1 Å². The molecule has 0 radical (unpaired) electrons. The summed E-state index contributed by atoms with van der Waals surface area (Å²) in [6.45, 7) is 3.09.